The van der Waals surface area contributed by atoms with Gasteiger partial charge in [0.1, 0.15) is 12.1 Å². The van der Waals surface area contributed by atoms with Crippen LogP contribution in [0.3, 0.4) is 0 Å². The monoisotopic (exact) mass is 432 g/mol. The topological polar surface area (TPSA) is 97.9 Å². The molecule has 160 valence electrons. The Hall–Kier alpha value is -2.84. The van der Waals surface area contributed by atoms with Gasteiger partial charge in [-0.1, -0.05) is 23.7 Å². The van der Waals surface area contributed by atoms with Gasteiger partial charge in [-0.15, -0.1) is 5.10 Å². The van der Waals surface area contributed by atoms with Gasteiger partial charge in [0.2, 0.25) is 11.8 Å². The second-order valence-corrected chi connectivity index (χ2v) is 7.67. The highest BCUT2D eigenvalue weighted by Crippen LogP contribution is 2.23. The van der Waals surface area contributed by atoms with E-state index in [9.17, 15) is 9.59 Å². The zero-order chi connectivity index (χ0) is 21.7. The fourth-order valence-corrected chi connectivity index (χ4v) is 3.26. The predicted octanol–water partition coefficient (Wildman–Crippen LogP) is 2.49. The summed E-state index contributed by atoms with van der Waals surface area (Å²) in [5.41, 5.74) is 1.16. The minimum absolute atomic E-state index is 0.0413. The molecule has 3 aromatic rings. The molecule has 2 aromatic heterocycles. The van der Waals surface area contributed by atoms with Crippen LogP contribution >= 0.6 is 11.6 Å². The Morgan fingerprint density at radius 3 is 2.80 bits per heavy atom. The van der Waals surface area contributed by atoms with Crippen molar-refractivity contribution in [2.75, 3.05) is 13.2 Å². The Balaban J connectivity index is 2.05. The molecule has 0 bridgehead atoms. The Morgan fingerprint density at radius 1 is 1.30 bits per heavy atom. The lowest BCUT2D eigenvalue weighted by Gasteiger charge is -2.15. The van der Waals surface area contributed by atoms with Crippen LogP contribution < -0.4 is 15.6 Å². The number of amides is 1. The molecule has 8 nitrogen and oxygen atoms in total. The van der Waals surface area contributed by atoms with E-state index in [2.05, 4.69) is 10.4 Å². The first kappa shape index (κ1) is 21.9. The van der Waals surface area contributed by atoms with Gasteiger partial charge < -0.3 is 15.2 Å². The van der Waals surface area contributed by atoms with Gasteiger partial charge in [-0.3, -0.25) is 14.2 Å². The first-order valence-corrected chi connectivity index (χ1v) is 10.2. The standard InChI is InChI=1S/C21H25ClN4O4/c1-14(2)23-19(28)13-25-18(15-6-5-7-16(22)10-15)12-26-17(21(25)29)11-20(24-26)30-9-4-3-8-27/h5-7,10-12,14,27H,3-4,8-9,13H2,1-2H3,(H,23,28). The number of hydrogen-bond donors (Lipinski definition) is 2. The highest BCUT2D eigenvalue weighted by Gasteiger charge is 2.17. The molecule has 0 aliphatic heterocycles. The molecule has 0 radical (unpaired) electrons. The summed E-state index contributed by atoms with van der Waals surface area (Å²) in [7, 11) is 0. The van der Waals surface area contributed by atoms with Crippen molar-refractivity contribution in [2.45, 2.75) is 39.3 Å². The summed E-state index contributed by atoms with van der Waals surface area (Å²) in [6.07, 6.45) is 2.99. The first-order chi connectivity index (χ1) is 14.4. The van der Waals surface area contributed by atoms with Crippen LogP contribution in [-0.2, 0) is 11.3 Å². The molecule has 0 saturated heterocycles. The number of aliphatic hydroxyl groups is 1. The second-order valence-electron chi connectivity index (χ2n) is 7.23. The van der Waals surface area contributed by atoms with Crippen LogP contribution in [-0.4, -0.2) is 44.5 Å². The lowest BCUT2D eigenvalue weighted by Crippen LogP contribution is -2.37. The number of nitrogens with zero attached hydrogens (tertiary/aromatic N) is 3. The predicted molar refractivity (Wildman–Crippen MR) is 115 cm³/mol. The maximum Gasteiger partial charge on any atom is 0.277 e. The molecule has 0 aliphatic carbocycles. The van der Waals surface area contributed by atoms with E-state index in [1.165, 1.54) is 9.08 Å². The molecule has 0 atom stereocenters. The van der Waals surface area contributed by atoms with E-state index in [0.717, 1.165) is 0 Å². The van der Waals surface area contributed by atoms with Gasteiger partial charge in [0.05, 0.1) is 18.5 Å². The lowest BCUT2D eigenvalue weighted by molar-refractivity contribution is -0.122. The summed E-state index contributed by atoms with van der Waals surface area (Å²) in [5.74, 6) is 0.0474. The number of rotatable bonds is 9. The number of aliphatic hydroxyl groups excluding tert-OH is 1. The molecule has 3 rings (SSSR count). The highest BCUT2D eigenvalue weighted by atomic mass is 35.5. The fraction of sp³-hybridized carbons (Fsp3) is 0.381. The molecule has 0 fully saturated rings. The molecule has 1 aromatic carbocycles. The van der Waals surface area contributed by atoms with Crippen LogP contribution in [0.2, 0.25) is 5.02 Å². The van der Waals surface area contributed by atoms with Gasteiger partial charge in [0, 0.05) is 29.3 Å². The molecule has 0 saturated carbocycles. The number of fused-ring (bicyclic) bond motifs is 1. The molecule has 2 N–H and O–H groups in total. The van der Waals surface area contributed by atoms with Crippen LogP contribution in [0.15, 0.2) is 41.3 Å². The molecule has 1 amide bonds. The van der Waals surface area contributed by atoms with Gasteiger partial charge in [0.25, 0.3) is 5.56 Å². The van der Waals surface area contributed by atoms with Crippen molar-refractivity contribution in [1.82, 2.24) is 19.5 Å². The van der Waals surface area contributed by atoms with Crippen LogP contribution in [0.4, 0.5) is 0 Å². The average molecular weight is 433 g/mol. The van der Waals surface area contributed by atoms with Crippen molar-refractivity contribution < 1.29 is 14.6 Å². The summed E-state index contributed by atoms with van der Waals surface area (Å²) >= 11 is 6.14. The summed E-state index contributed by atoms with van der Waals surface area (Å²) in [4.78, 5) is 25.6. The zero-order valence-corrected chi connectivity index (χ0v) is 17.7. The number of aromatic nitrogens is 3. The number of halogens is 1. The molecule has 2 heterocycles. The summed E-state index contributed by atoms with van der Waals surface area (Å²) in [6.45, 7) is 4.07. The Labute approximate surface area is 179 Å². The molecule has 9 heteroatoms. The van der Waals surface area contributed by atoms with E-state index in [-0.39, 0.29) is 30.7 Å². The van der Waals surface area contributed by atoms with Crippen LogP contribution in [0.25, 0.3) is 16.8 Å². The quantitative estimate of drug-likeness (QED) is 0.506. The molecule has 0 spiro atoms. The number of ether oxygens (including phenoxy) is 1. The van der Waals surface area contributed by atoms with E-state index in [4.69, 9.17) is 21.4 Å². The fourth-order valence-electron chi connectivity index (χ4n) is 3.07. The van der Waals surface area contributed by atoms with Gasteiger partial charge in [-0.2, -0.15) is 0 Å². The largest absolute Gasteiger partial charge is 0.477 e. The SMILES string of the molecule is CC(C)NC(=O)Cn1c(-c2cccc(Cl)c2)cn2nc(OCCCCO)cc2c1=O. The number of unbranched alkanes of at least 4 members (excludes halogenated alkanes) is 1. The minimum atomic E-state index is -0.357. The zero-order valence-electron chi connectivity index (χ0n) is 17.0. The summed E-state index contributed by atoms with van der Waals surface area (Å²) in [6, 6.07) is 8.58. The van der Waals surface area contributed by atoms with Crippen molar-refractivity contribution in [3.05, 3.63) is 51.9 Å². The number of nitrogens with one attached hydrogen (secondary N) is 1. The van der Waals surface area contributed by atoms with E-state index in [0.29, 0.717) is 47.1 Å². The van der Waals surface area contributed by atoms with Gasteiger partial charge in [-0.05, 0) is 38.8 Å². The van der Waals surface area contributed by atoms with Crippen molar-refractivity contribution in [3.8, 4) is 17.1 Å². The number of carbonyl (C=O) groups is 1. The van der Waals surface area contributed by atoms with Crippen molar-refractivity contribution >= 4 is 23.0 Å². The normalized spacial score (nSPS) is 11.2. The van der Waals surface area contributed by atoms with Gasteiger partial charge >= 0.3 is 0 Å². The van der Waals surface area contributed by atoms with E-state index in [1.54, 1.807) is 30.5 Å². The maximum atomic E-state index is 13.2. The van der Waals surface area contributed by atoms with Crippen LogP contribution in [0, 0.1) is 0 Å². The number of benzene rings is 1. The molecule has 0 aliphatic rings. The van der Waals surface area contributed by atoms with Crippen molar-refractivity contribution in [2.24, 2.45) is 0 Å². The molecular formula is C21H25ClN4O4. The van der Waals surface area contributed by atoms with Crippen molar-refractivity contribution in [1.29, 1.82) is 0 Å². The highest BCUT2D eigenvalue weighted by molar-refractivity contribution is 6.30. The average Bonchev–Trinajstić information content (AvgIpc) is 3.10. The Kier molecular flexibility index (Phi) is 7.12. The lowest BCUT2D eigenvalue weighted by atomic mass is 10.1. The van der Waals surface area contributed by atoms with E-state index < -0.39 is 0 Å². The number of carbonyl (C=O) groups excluding carboxylic acids is 1. The van der Waals surface area contributed by atoms with Gasteiger partial charge in [0.15, 0.2) is 0 Å². The molecule has 30 heavy (non-hydrogen) atoms. The first-order valence-electron chi connectivity index (χ1n) is 9.81. The van der Waals surface area contributed by atoms with Crippen LogP contribution in [0.5, 0.6) is 5.88 Å². The second kappa shape index (κ2) is 9.77. The van der Waals surface area contributed by atoms with Gasteiger partial charge in [-0.25, -0.2) is 4.52 Å². The van der Waals surface area contributed by atoms with E-state index in [1.807, 2.05) is 19.9 Å². The third-order valence-electron chi connectivity index (χ3n) is 4.39. The third kappa shape index (κ3) is 5.20. The summed E-state index contributed by atoms with van der Waals surface area (Å²) < 4.78 is 8.46. The molecule has 0 unspecified atom stereocenters. The van der Waals surface area contributed by atoms with Crippen molar-refractivity contribution in [3.63, 3.8) is 0 Å². The summed E-state index contributed by atoms with van der Waals surface area (Å²) in [5, 5.41) is 16.5. The smallest absolute Gasteiger partial charge is 0.277 e. The van der Waals surface area contributed by atoms with Crippen LogP contribution in [0.1, 0.15) is 26.7 Å². The third-order valence-corrected chi connectivity index (χ3v) is 4.62. The minimum Gasteiger partial charge on any atom is -0.477 e. The molecular weight excluding hydrogens is 408 g/mol. The Bertz CT molecular complexity index is 1090. The Morgan fingerprint density at radius 2 is 2.10 bits per heavy atom. The maximum absolute atomic E-state index is 13.2. The van der Waals surface area contributed by atoms with E-state index >= 15 is 0 Å². The number of hydrogen-bond acceptors (Lipinski definition) is 5.